The minimum atomic E-state index is -0.371. The number of carbonyl (C=O) groups is 1. The molecule has 1 aromatic heterocycles. The fraction of sp³-hybridized carbons (Fsp3) is 0.478. The Morgan fingerprint density at radius 1 is 1.31 bits per heavy atom. The summed E-state index contributed by atoms with van der Waals surface area (Å²) in [6.45, 7) is 3.62. The third-order valence-electron chi connectivity index (χ3n) is 5.85. The number of ether oxygens (including phenoxy) is 1. The molecule has 1 atom stereocenters. The quantitative estimate of drug-likeness (QED) is 0.547. The zero-order valence-corrected chi connectivity index (χ0v) is 19.1. The van der Waals surface area contributed by atoms with Gasteiger partial charge >= 0.3 is 6.09 Å². The van der Waals surface area contributed by atoms with Crippen molar-refractivity contribution in [3.8, 4) is 6.07 Å². The maximum Gasteiger partial charge on any atom is 0.410 e. The van der Waals surface area contributed by atoms with Crippen LogP contribution in [0.1, 0.15) is 29.7 Å². The lowest BCUT2D eigenvalue weighted by Crippen LogP contribution is -2.55. The van der Waals surface area contributed by atoms with E-state index in [4.69, 9.17) is 14.7 Å². The van der Waals surface area contributed by atoms with E-state index in [-0.39, 0.29) is 25.2 Å². The van der Waals surface area contributed by atoms with Gasteiger partial charge in [0.05, 0.1) is 24.2 Å². The zero-order valence-electron chi connectivity index (χ0n) is 18.3. The molecular weight excluding hydrogens is 424 g/mol. The number of piperazine rings is 1. The van der Waals surface area contributed by atoms with E-state index in [1.807, 2.05) is 36.6 Å². The molecule has 0 radical (unpaired) electrons. The summed E-state index contributed by atoms with van der Waals surface area (Å²) in [5.41, 5.74) is 3.18. The molecule has 0 spiro atoms. The first kappa shape index (κ1) is 22.4. The fourth-order valence-corrected chi connectivity index (χ4v) is 4.60. The van der Waals surface area contributed by atoms with E-state index in [0.717, 1.165) is 48.2 Å². The van der Waals surface area contributed by atoms with Crippen LogP contribution in [0.2, 0.25) is 0 Å². The van der Waals surface area contributed by atoms with Crippen molar-refractivity contribution in [3.05, 3.63) is 47.2 Å². The van der Waals surface area contributed by atoms with Crippen molar-refractivity contribution in [2.75, 3.05) is 37.3 Å². The molecule has 8 nitrogen and oxygen atoms in total. The second-order valence-electron chi connectivity index (χ2n) is 7.94. The molecule has 0 bridgehead atoms. The van der Waals surface area contributed by atoms with Crippen molar-refractivity contribution in [2.24, 2.45) is 0 Å². The highest BCUT2D eigenvalue weighted by atomic mass is 32.2. The van der Waals surface area contributed by atoms with Crippen molar-refractivity contribution in [1.29, 1.82) is 5.26 Å². The normalized spacial score (nSPS) is 18.4. The Balaban J connectivity index is 1.51. The lowest BCUT2D eigenvalue weighted by atomic mass is 10.1. The summed E-state index contributed by atoms with van der Waals surface area (Å²) >= 11 is 1.53. The van der Waals surface area contributed by atoms with Crippen molar-refractivity contribution in [3.63, 3.8) is 0 Å². The number of rotatable bonds is 5. The molecule has 0 unspecified atom stereocenters. The number of carbonyl (C=O) groups excluding carboxylic acids is 1. The van der Waals surface area contributed by atoms with Crippen LogP contribution in [0.4, 0.5) is 10.6 Å². The first-order valence-electron chi connectivity index (χ1n) is 10.9. The molecule has 0 saturated carbocycles. The minimum Gasteiger partial charge on any atom is -0.445 e. The molecule has 168 valence electrons. The van der Waals surface area contributed by atoms with Crippen LogP contribution in [-0.2, 0) is 24.3 Å². The van der Waals surface area contributed by atoms with Crippen molar-refractivity contribution < 1.29 is 9.53 Å². The van der Waals surface area contributed by atoms with Crippen molar-refractivity contribution in [1.82, 2.24) is 20.2 Å². The Hall–Kier alpha value is -2.83. The average Bonchev–Trinajstić information content (AvgIpc) is 3.08. The van der Waals surface area contributed by atoms with E-state index in [0.29, 0.717) is 19.6 Å². The molecule has 1 fully saturated rings. The topological polar surface area (TPSA) is 94.4 Å². The number of amides is 1. The van der Waals surface area contributed by atoms with Crippen LogP contribution in [-0.4, -0.2) is 59.4 Å². The Morgan fingerprint density at radius 2 is 2.16 bits per heavy atom. The van der Waals surface area contributed by atoms with E-state index in [1.165, 1.54) is 17.3 Å². The number of fused-ring (bicyclic) bond motifs is 1. The van der Waals surface area contributed by atoms with Gasteiger partial charge in [-0.1, -0.05) is 42.1 Å². The third kappa shape index (κ3) is 5.14. The van der Waals surface area contributed by atoms with Crippen LogP contribution in [0.25, 0.3) is 0 Å². The molecule has 2 aromatic rings. The highest BCUT2D eigenvalue weighted by Crippen LogP contribution is 2.29. The molecule has 4 rings (SSSR count). The van der Waals surface area contributed by atoms with Gasteiger partial charge in [-0.05, 0) is 31.2 Å². The van der Waals surface area contributed by atoms with Crippen LogP contribution >= 0.6 is 11.8 Å². The molecule has 3 heterocycles. The van der Waals surface area contributed by atoms with Crippen LogP contribution in [0.3, 0.4) is 0 Å². The van der Waals surface area contributed by atoms with Gasteiger partial charge in [0.25, 0.3) is 0 Å². The number of benzene rings is 1. The van der Waals surface area contributed by atoms with Crippen molar-refractivity contribution in [2.45, 2.75) is 43.6 Å². The molecule has 1 amide bonds. The van der Waals surface area contributed by atoms with E-state index in [1.54, 1.807) is 4.90 Å². The van der Waals surface area contributed by atoms with Gasteiger partial charge in [-0.25, -0.2) is 14.8 Å². The van der Waals surface area contributed by atoms with E-state index in [9.17, 15) is 10.1 Å². The van der Waals surface area contributed by atoms with E-state index in [2.05, 4.69) is 16.3 Å². The number of nitrogens with one attached hydrogen (secondary N) is 1. The average molecular weight is 453 g/mol. The molecule has 2 aliphatic heterocycles. The molecule has 0 aliphatic carbocycles. The third-order valence-corrected chi connectivity index (χ3v) is 6.40. The summed E-state index contributed by atoms with van der Waals surface area (Å²) in [6, 6.07) is 11.6. The van der Waals surface area contributed by atoms with E-state index >= 15 is 0 Å². The highest BCUT2D eigenvalue weighted by Gasteiger charge is 2.33. The molecule has 1 saturated heterocycles. The molecular formula is C23H28N6O2S. The molecule has 1 N–H and O–H groups in total. The number of nitriles is 1. The zero-order chi connectivity index (χ0) is 22.3. The van der Waals surface area contributed by atoms with Crippen LogP contribution in [0.5, 0.6) is 0 Å². The minimum absolute atomic E-state index is 0.225. The molecule has 2 aliphatic rings. The van der Waals surface area contributed by atoms with Gasteiger partial charge in [-0.2, -0.15) is 5.26 Å². The summed E-state index contributed by atoms with van der Waals surface area (Å²) in [6.07, 6.45) is 3.82. The van der Waals surface area contributed by atoms with Crippen LogP contribution < -0.4 is 10.2 Å². The maximum atomic E-state index is 12.8. The predicted molar refractivity (Wildman–Crippen MR) is 123 cm³/mol. The standard InChI is InChI=1S/C23H28N6O2S/c1-32-22-26-20-14-25-11-5-8-19(20)21(27-22)28-12-13-29(18(15-28)9-10-24)23(30)31-16-17-6-3-2-4-7-17/h2-4,6-7,18,25H,5,8-9,11-16H2,1H3/t18-/m0/s1. The Labute approximate surface area is 193 Å². The molecule has 32 heavy (non-hydrogen) atoms. The summed E-state index contributed by atoms with van der Waals surface area (Å²) in [4.78, 5) is 26.3. The first-order valence-corrected chi connectivity index (χ1v) is 12.2. The van der Waals surface area contributed by atoms with Crippen LogP contribution in [0.15, 0.2) is 35.5 Å². The van der Waals surface area contributed by atoms with Gasteiger partial charge in [0, 0.05) is 31.7 Å². The number of hydrogen-bond acceptors (Lipinski definition) is 8. The second-order valence-corrected chi connectivity index (χ2v) is 8.71. The summed E-state index contributed by atoms with van der Waals surface area (Å²) in [5.74, 6) is 0.947. The molecule has 1 aromatic carbocycles. The summed E-state index contributed by atoms with van der Waals surface area (Å²) in [5, 5.41) is 13.6. The first-order chi connectivity index (χ1) is 15.7. The van der Waals surface area contributed by atoms with Gasteiger partial charge in [-0.3, -0.25) is 0 Å². The van der Waals surface area contributed by atoms with Gasteiger partial charge in [0.2, 0.25) is 0 Å². The number of aromatic nitrogens is 2. The van der Waals surface area contributed by atoms with Gasteiger partial charge in [0.1, 0.15) is 12.4 Å². The Kier molecular flexibility index (Phi) is 7.45. The maximum absolute atomic E-state index is 12.8. The number of anilines is 1. The number of hydrogen-bond donors (Lipinski definition) is 1. The summed E-state index contributed by atoms with van der Waals surface area (Å²) in [7, 11) is 0. The highest BCUT2D eigenvalue weighted by molar-refractivity contribution is 7.98. The number of thioether (sulfide) groups is 1. The van der Waals surface area contributed by atoms with Crippen molar-refractivity contribution >= 4 is 23.7 Å². The SMILES string of the molecule is CSc1nc2c(c(N3CCN(C(=O)OCc4ccccc4)[C@@H](CC#N)C3)n1)CCCNC2. The summed E-state index contributed by atoms with van der Waals surface area (Å²) < 4.78 is 5.55. The second kappa shape index (κ2) is 10.7. The van der Waals surface area contributed by atoms with Crippen LogP contribution in [0, 0.1) is 11.3 Å². The van der Waals surface area contributed by atoms with Gasteiger partial charge in [-0.15, -0.1) is 0 Å². The fourth-order valence-electron chi connectivity index (χ4n) is 4.22. The Bertz CT molecular complexity index is 980. The van der Waals surface area contributed by atoms with Gasteiger partial charge in [0.15, 0.2) is 5.16 Å². The largest absolute Gasteiger partial charge is 0.445 e. The molecule has 9 heteroatoms. The lowest BCUT2D eigenvalue weighted by Gasteiger charge is -2.41. The number of nitrogens with zero attached hydrogens (tertiary/aromatic N) is 5. The predicted octanol–water partition coefficient (Wildman–Crippen LogP) is 2.98. The lowest BCUT2D eigenvalue weighted by molar-refractivity contribution is 0.0768. The van der Waals surface area contributed by atoms with Gasteiger partial charge < -0.3 is 19.9 Å². The monoisotopic (exact) mass is 452 g/mol. The smallest absolute Gasteiger partial charge is 0.410 e. The Morgan fingerprint density at radius 3 is 2.94 bits per heavy atom. The van der Waals surface area contributed by atoms with E-state index < -0.39 is 0 Å².